The van der Waals surface area contributed by atoms with Crippen LogP contribution in [0.1, 0.15) is 17.5 Å². The first-order valence-corrected chi connectivity index (χ1v) is 11.1. The quantitative estimate of drug-likeness (QED) is 0.447. The molecule has 3 aromatic carbocycles. The van der Waals surface area contributed by atoms with Crippen LogP contribution < -0.4 is 10.2 Å². The Bertz CT molecular complexity index is 1320. The topological polar surface area (TPSA) is 62.3 Å². The Morgan fingerprint density at radius 1 is 1.06 bits per heavy atom. The molecule has 1 aliphatic rings. The molecule has 1 fully saturated rings. The fourth-order valence-corrected chi connectivity index (χ4v) is 4.88. The second-order valence-corrected chi connectivity index (χ2v) is 8.90. The van der Waals surface area contributed by atoms with E-state index in [4.69, 9.17) is 0 Å². The zero-order valence-corrected chi connectivity index (χ0v) is 18.2. The number of hydrogen-bond donors (Lipinski definition) is 1. The van der Waals surface area contributed by atoms with E-state index >= 15 is 0 Å². The molecule has 2 heterocycles. The number of aromatic nitrogens is 1. The number of hydrogen-bond acceptors (Lipinski definition) is 5. The van der Waals surface area contributed by atoms with E-state index in [1.165, 1.54) is 22.6 Å². The summed E-state index contributed by atoms with van der Waals surface area (Å²) in [6.45, 7) is 2.44. The van der Waals surface area contributed by atoms with Gasteiger partial charge in [0, 0.05) is 12.1 Å². The number of fused-ring (bicyclic) bond motifs is 1. The number of thiazole rings is 1. The van der Waals surface area contributed by atoms with Crippen molar-refractivity contribution >= 4 is 39.1 Å². The van der Waals surface area contributed by atoms with Gasteiger partial charge >= 0.3 is 0 Å². The minimum absolute atomic E-state index is 0.0962. The monoisotopic (exact) mass is 445 g/mol. The number of carbonyl (C=O) groups excluding carboxylic acids is 2. The van der Waals surface area contributed by atoms with Crippen LogP contribution >= 0.6 is 11.3 Å². The Balaban J connectivity index is 1.31. The van der Waals surface area contributed by atoms with Crippen LogP contribution in [0, 0.1) is 12.7 Å². The maximum Gasteiger partial charge on any atom is 0.251 e. The van der Waals surface area contributed by atoms with Crippen LogP contribution in [0.3, 0.4) is 0 Å². The smallest absolute Gasteiger partial charge is 0.251 e. The number of nitrogens with zero attached hydrogens (tertiary/aromatic N) is 2. The van der Waals surface area contributed by atoms with Crippen molar-refractivity contribution in [1.29, 1.82) is 0 Å². The highest BCUT2D eigenvalue weighted by Gasteiger charge is 2.39. The molecule has 4 aromatic rings. The van der Waals surface area contributed by atoms with Gasteiger partial charge in [0.15, 0.2) is 0 Å². The number of imide groups is 1. The number of halogens is 1. The summed E-state index contributed by atoms with van der Waals surface area (Å²) < 4.78 is 14.2. The molecular formula is C25H20FN3O2S. The lowest BCUT2D eigenvalue weighted by molar-refractivity contribution is -0.121. The summed E-state index contributed by atoms with van der Waals surface area (Å²) in [6, 6.07) is 19.0. The number of nitrogens with one attached hydrogen (secondary N) is 1. The van der Waals surface area contributed by atoms with Gasteiger partial charge in [-0.2, -0.15) is 0 Å². The maximum atomic E-state index is 13.1. The van der Waals surface area contributed by atoms with Crippen molar-refractivity contribution < 1.29 is 14.0 Å². The van der Waals surface area contributed by atoms with Gasteiger partial charge in [-0.1, -0.05) is 18.2 Å². The number of anilines is 1. The molecule has 1 aliphatic heterocycles. The lowest BCUT2D eigenvalue weighted by atomic mass is 10.2. The molecule has 0 radical (unpaired) electrons. The van der Waals surface area contributed by atoms with E-state index in [1.54, 1.807) is 35.6 Å². The van der Waals surface area contributed by atoms with Gasteiger partial charge in [0.05, 0.1) is 28.4 Å². The van der Waals surface area contributed by atoms with Crippen LogP contribution in [-0.4, -0.2) is 22.8 Å². The highest BCUT2D eigenvalue weighted by atomic mass is 32.1. The summed E-state index contributed by atoms with van der Waals surface area (Å²) in [5.41, 5.74) is 4.49. The molecule has 7 heteroatoms. The van der Waals surface area contributed by atoms with Crippen molar-refractivity contribution in [3.05, 3.63) is 83.7 Å². The van der Waals surface area contributed by atoms with Crippen LogP contribution in [0.5, 0.6) is 0 Å². The second kappa shape index (κ2) is 8.26. The summed E-state index contributed by atoms with van der Waals surface area (Å²) in [7, 11) is 0. The molecule has 1 saturated heterocycles. The minimum Gasteiger partial charge on any atom is -0.301 e. The average Bonchev–Trinajstić information content (AvgIpc) is 3.33. The molecular weight excluding hydrogens is 425 g/mol. The van der Waals surface area contributed by atoms with Crippen molar-refractivity contribution in [2.24, 2.45) is 0 Å². The van der Waals surface area contributed by atoms with E-state index in [2.05, 4.69) is 23.3 Å². The third-order valence-corrected chi connectivity index (χ3v) is 6.60. The van der Waals surface area contributed by atoms with Crippen LogP contribution in [0.2, 0.25) is 0 Å². The highest BCUT2D eigenvalue weighted by molar-refractivity contribution is 7.21. The zero-order chi connectivity index (χ0) is 22.2. The van der Waals surface area contributed by atoms with Gasteiger partial charge in [0.1, 0.15) is 10.8 Å². The molecule has 0 unspecified atom stereocenters. The van der Waals surface area contributed by atoms with Gasteiger partial charge in [-0.15, -0.1) is 11.3 Å². The number of rotatable bonds is 5. The molecule has 1 atom stereocenters. The van der Waals surface area contributed by atoms with Crippen LogP contribution in [0.25, 0.3) is 20.8 Å². The molecule has 0 saturated carbocycles. The van der Waals surface area contributed by atoms with Crippen LogP contribution in [-0.2, 0) is 16.1 Å². The fourth-order valence-electron chi connectivity index (χ4n) is 3.81. The van der Waals surface area contributed by atoms with Crippen molar-refractivity contribution in [3.63, 3.8) is 0 Å². The third-order valence-electron chi connectivity index (χ3n) is 5.53. The number of amides is 2. The first-order chi connectivity index (χ1) is 15.5. The SMILES string of the molecule is Cc1ccc2nc(-c3ccc(N4C(=O)C[C@@H](NCc5ccc(F)cc5)C4=O)cc3)sc2c1. The van der Waals surface area contributed by atoms with Crippen molar-refractivity contribution in [2.45, 2.75) is 25.9 Å². The summed E-state index contributed by atoms with van der Waals surface area (Å²) in [5, 5.41) is 4.01. The standard InChI is InChI=1S/C25H20FN3O2S/c1-15-2-11-20-22(12-15)32-24(28-20)17-5-9-19(10-6-17)29-23(30)13-21(25(29)31)27-14-16-3-7-18(26)8-4-16/h2-12,21,27H,13-14H2,1H3/t21-/m1/s1. The maximum absolute atomic E-state index is 13.1. The Morgan fingerprint density at radius 3 is 2.56 bits per heavy atom. The van der Waals surface area contributed by atoms with E-state index in [0.29, 0.717) is 12.2 Å². The minimum atomic E-state index is -0.597. The Morgan fingerprint density at radius 2 is 1.81 bits per heavy atom. The summed E-state index contributed by atoms with van der Waals surface area (Å²) in [6.07, 6.45) is 0.0962. The van der Waals surface area contributed by atoms with Gasteiger partial charge in [0.2, 0.25) is 5.91 Å². The Kier molecular flexibility index (Phi) is 5.28. The van der Waals surface area contributed by atoms with E-state index in [-0.39, 0.29) is 24.1 Å². The molecule has 0 spiro atoms. The van der Waals surface area contributed by atoms with Crippen LogP contribution in [0.15, 0.2) is 66.7 Å². The largest absolute Gasteiger partial charge is 0.301 e. The van der Waals surface area contributed by atoms with Gasteiger partial charge in [-0.05, 0) is 66.6 Å². The molecule has 0 aliphatic carbocycles. The first-order valence-electron chi connectivity index (χ1n) is 10.3. The second-order valence-electron chi connectivity index (χ2n) is 7.87. The molecule has 5 nitrogen and oxygen atoms in total. The number of aryl methyl sites for hydroxylation is 1. The van der Waals surface area contributed by atoms with Gasteiger partial charge in [0.25, 0.3) is 5.91 Å². The third kappa shape index (κ3) is 3.92. The molecule has 0 bridgehead atoms. The predicted octanol–water partition coefficient (Wildman–Crippen LogP) is 4.83. The fraction of sp³-hybridized carbons (Fsp3) is 0.160. The zero-order valence-electron chi connectivity index (χ0n) is 17.3. The average molecular weight is 446 g/mol. The number of carbonyl (C=O) groups is 2. The normalized spacial score (nSPS) is 16.3. The highest BCUT2D eigenvalue weighted by Crippen LogP contribution is 2.32. The lowest BCUT2D eigenvalue weighted by Crippen LogP contribution is -2.38. The first kappa shape index (κ1) is 20.5. The van der Waals surface area contributed by atoms with E-state index in [9.17, 15) is 14.0 Å². The van der Waals surface area contributed by atoms with E-state index in [0.717, 1.165) is 26.4 Å². The number of benzene rings is 3. The summed E-state index contributed by atoms with van der Waals surface area (Å²) >= 11 is 1.62. The van der Waals surface area contributed by atoms with Gasteiger partial charge in [-0.25, -0.2) is 14.3 Å². The van der Waals surface area contributed by atoms with Crippen molar-refractivity contribution in [2.75, 3.05) is 4.90 Å². The van der Waals surface area contributed by atoms with Gasteiger partial charge < -0.3 is 5.32 Å². The van der Waals surface area contributed by atoms with Crippen molar-refractivity contribution in [1.82, 2.24) is 10.3 Å². The van der Waals surface area contributed by atoms with Gasteiger partial charge in [-0.3, -0.25) is 9.59 Å². The molecule has 1 N–H and O–H groups in total. The molecule has 160 valence electrons. The van der Waals surface area contributed by atoms with Crippen molar-refractivity contribution in [3.8, 4) is 10.6 Å². The predicted molar refractivity (Wildman–Crippen MR) is 124 cm³/mol. The Labute approximate surface area is 188 Å². The molecule has 5 rings (SSSR count). The lowest BCUT2D eigenvalue weighted by Gasteiger charge is -2.16. The van der Waals surface area contributed by atoms with E-state index < -0.39 is 6.04 Å². The molecule has 1 aromatic heterocycles. The molecule has 32 heavy (non-hydrogen) atoms. The van der Waals surface area contributed by atoms with E-state index in [1.807, 2.05) is 24.3 Å². The molecule has 2 amide bonds. The van der Waals surface area contributed by atoms with Crippen LogP contribution in [0.4, 0.5) is 10.1 Å². The Hall–Kier alpha value is -3.42. The summed E-state index contributed by atoms with van der Waals surface area (Å²) in [4.78, 5) is 31.3. The summed E-state index contributed by atoms with van der Waals surface area (Å²) in [5.74, 6) is -0.827.